The minimum Gasteiger partial charge on any atom is -0.370 e. The van der Waals surface area contributed by atoms with Gasteiger partial charge in [-0.15, -0.1) is 0 Å². The third kappa shape index (κ3) is 35.5. The molecule has 145 valence electrons. The van der Waals surface area contributed by atoms with Crippen molar-refractivity contribution in [3.63, 3.8) is 0 Å². The summed E-state index contributed by atoms with van der Waals surface area (Å²) in [5, 5.41) is 0. The van der Waals surface area contributed by atoms with Crippen LogP contribution in [0.4, 0.5) is 0 Å². The molecule has 0 aromatic carbocycles. The third-order valence-electron chi connectivity index (χ3n) is 4.05. The molecule has 0 saturated heterocycles. The maximum Gasteiger partial charge on any atom is 0.217 e. The van der Waals surface area contributed by atoms with Crippen molar-refractivity contribution in [1.82, 2.24) is 0 Å². The zero-order valence-electron chi connectivity index (χ0n) is 17.3. The van der Waals surface area contributed by atoms with Gasteiger partial charge in [-0.3, -0.25) is 9.59 Å². The van der Waals surface area contributed by atoms with Crippen LogP contribution in [0.3, 0.4) is 0 Å². The molecule has 0 unspecified atom stereocenters. The Morgan fingerprint density at radius 3 is 1.00 bits per heavy atom. The van der Waals surface area contributed by atoms with Crippen LogP contribution in [0.1, 0.15) is 117 Å². The van der Waals surface area contributed by atoms with E-state index in [1.807, 2.05) is 0 Å². The molecular weight excluding hydrogens is 307 g/mol. The molecule has 0 aliphatic rings. The van der Waals surface area contributed by atoms with Crippen LogP contribution in [-0.2, 0) is 9.59 Å². The Morgan fingerprint density at radius 1 is 0.520 bits per heavy atom. The summed E-state index contributed by atoms with van der Waals surface area (Å²) in [6, 6.07) is 0. The Bertz CT molecular complexity index is 259. The summed E-state index contributed by atoms with van der Waals surface area (Å²) in [7, 11) is 0. The van der Waals surface area contributed by atoms with E-state index in [1.165, 1.54) is 64.2 Å². The van der Waals surface area contributed by atoms with Gasteiger partial charge in [0.25, 0.3) is 0 Å². The first-order valence-electron chi connectivity index (χ1n) is 10.1. The second kappa shape index (κ2) is 25.8. The predicted molar refractivity (Wildman–Crippen MR) is 109 cm³/mol. The fraction of sp³-hybridized carbons (Fsp3) is 0.900. The molecule has 5 heteroatoms. The minimum absolute atomic E-state index is 0. The van der Waals surface area contributed by atoms with E-state index in [0.29, 0.717) is 12.8 Å². The average molecular weight is 350 g/mol. The molecule has 2 amide bonds. The summed E-state index contributed by atoms with van der Waals surface area (Å²) < 4.78 is 0. The molecule has 0 aromatic heterocycles. The van der Waals surface area contributed by atoms with Crippen molar-refractivity contribution >= 4 is 30.7 Å². The zero-order valence-corrected chi connectivity index (χ0v) is 17.3. The van der Waals surface area contributed by atoms with Crippen LogP contribution in [0, 0.1) is 0 Å². The maximum absolute atomic E-state index is 10.4. The summed E-state index contributed by atoms with van der Waals surface area (Å²) in [5.74, 6) is -0.327. The normalized spacial score (nSPS) is 9.68. The fourth-order valence-corrected chi connectivity index (χ4v) is 2.51. The molecule has 0 atom stereocenters. The summed E-state index contributed by atoms with van der Waals surface area (Å²) in [6.07, 6.45) is 18.5. The van der Waals surface area contributed by atoms with E-state index in [9.17, 15) is 9.59 Å². The zero-order chi connectivity index (χ0) is 18.5. The monoisotopic (exact) mass is 349 g/mol. The van der Waals surface area contributed by atoms with Crippen molar-refractivity contribution in [3.05, 3.63) is 0 Å². The molecular formula is C20H42LiN2O2. The van der Waals surface area contributed by atoms with Crippen LogP contribution < -0.4 is 11.5 Å². The number of primary amides is 2. The number of carbonyl (C=O) groups excluding carboxylic acids is 2. The second-order valence-electron chi connectivity index (χ2n) is 6.68. The van der Waals surface area contributed by atoms with Gasteiger partial charge >= 0.3 is 0 Å². The van der Waals surface area contributed by atoms with E-state index in [4.69, 9.17) is 11.5 Å². The van der Waals surface area contributed by atoms with Crippen molar-refractivity contribution in [3.8, 4) is 0 Å². The Labute approximate surface area is 168 Å². The first-order chi connectivity index (χ1) is 11.5. The van der Waals surface area contributed by atoms with Crippen LogP contribution in [0.25, 0.3) is 0 Å². The Hall–Kier alpha value is -0.463. The quantitative estimate of drug-likeness (QED) is 0.308. The number of unbranched alkanes of at least 4 members (excludes halogenated alkanes) is 12. The van der Waals surface area contributed by atoms with Gasteiger partial charge in [-0.2, -0.15) is 0 Å². The molecule has 4 nitrogen and oxygen atoms in total. The van der Waals surface area contributed by atoms with E-state index >= 15 is 0 Å². The summed E-state index contributed by atoms with van der Waals surface area (Å²) in [6.45, 7) is 4.43. The summed E-state index contributed by atoms with van der Waals surface area (Å²) in [4.78, 5) is 20.7. The van der Waals surface area contributed by atoms with Gasteiger partial charge in [-0.05, 0) is 12.8 Å². The van der Waals surface area contributed by atoms with Crippen molar-refractivity contribution in [1.29, 1.82) is 0 Å². The maximum atomic E-state index is 10.4. The van der Waals surface area contributed by atoms with Crippen molar-refractivity contribution in [2.45, 2.75) is 117 Å². The minimum atomic E-state index is -0.163. The van der Waals surface area contributed by atoms with Crippen LogP contribution in [0.15, 0.2) is 0 Å². The number of hydrogen-bond donors (Lipinski definition) is 2. The molecule has 0 heterocycles. The molecule has 0 bridgehead atoms. The van der Waals surface area contributed by atoms with Crippen molar-refractivity contribution in [2.24, 2.45) is 11.5 Å². The van der Waals surface area contributed by atoms with E-state index in [0.717, 1.165) is 25.7 Å². The number of rotatable bonds is 16. The van der Waals surface area contributed by atoms with Gasteiger partial charge in [0.15, 0.2) is 0 Å². The van der Waals surface area contributed by atoms with Crippen LogP contribution in [0.5, 0.6) is 0 Å². The van der Waals surface area contributed by atoms with Gasteiger partial charge in [-0.25, -0.2) is 0 Å². The van der Waals surface area contributed by atoms with E-state index in [2.05, 4.69) is 13.8 Å². The SMILES string of the molecule is CCCCCCCCCC(N)=O.CCCCCCCCCC(N)=O.[Li]. The van der Waals surface area contributed by atoms with E-state index in [-0.39, 0.29) is 30.7 Å². The number of hydrogen-bond acceptors (Lipinski definition) is 2. The van der Waals surface area contributed by atoms with E-state index in [1.54, 1.807) is 0 Å². The first kappa shape index (κ1) is 29.3. The van der Waals surface area contributed by atoms with Crippen molar-refractivity contribution < 1.29 is 9.59 Å². The van der Waals surface area contributed by atoms with Gasteiger partial charge in [0.1, 0.15) is 0 Å². The second-order valence-corrected chi connectivity index (χ2v) is 6.68. The smallest absolute Gasteiger partial charge is 0.217 e. The molecule has 0 fully saturated rings. The van der Waals surface area contributed by atoms with Gasteiger partial charge in [0.05, 0.1) is 0 Å². The fourth-order valence-electron chi connectivity index (χ4n) is 2.51. The number of nitrogens with two attached hydrogens (primary N) is 2. The largest absolute Gasteiger partial charge is 0.370 e. The van der Waals surface area contributed by atoms with Crippen LogP contribution >= 0.6 is 0 Å². The number of amides is 2. The molecule has 0 aliphatic carbocycles. The summed E-state index contributed by atoms with van der Waals surface area (Å²) in [5.41, 5.74) is 10.0. The van der Waals surface area contributed by atoms with Gasteiger partial charge in [0.2, 0.25) is 11.8 Å². The summed E-state index contributed by atoms with van der Waals surface area (Å²) >= 11 is 0. The predicted octanol–water partition coefficient (Wildman–Crippen LogP) is 4.84. The molecule has 4 N–H and O–H groups in total. The Kier molecular flexibility index (Phi) is 30.2. The molecule has 25 heavy (non-hydrogen) atoms. The molecule has 1 radical (unpaired) electrons. The van der Waals surface area contributed by atoms with Crippen LogP contribution in [-0.4, -0.2) is 30.7 Å². The number of carbonyl (C=O) groups is 2. The third-order valence-corrected chi connectivity index (χ3v) is 4.05. The average Bonchev–Trinajstić information content (AvgIpc) is 2.53. The molecule has 0 aliphatic heterocycles. The van der Waals surface area contributed by atoms with E-state index < -0.39 is 0 Å². The van der Waals surface area contributed by atoms with Crippen LogP contribution in [0.2, 0.25) is 0 Å². The first-order valence-corrected chi connectivity index (χ1v) is 10.1. The molecule has 0 saturated carbocycles. The Morgan fingerprint density at radius 2 is 0.760 bits per heavy atom. The molecule has 0 spiro atoms. The van der Waals surface area contributed by atoms with Gasteiger partial charge in [0, 0.05) is 31.7 Å². The van der Waals surface area contributed by atoms with Crippen molar-refractivity contribution in [2.75, 3.05) is 0 Å². The van der Waals surface area contributed by atoms with Gasteiger partial charge < -0.3 is 11.5 Å². The molecule has 0 rings (SSSR count). The topological polar surface area (TPSA) is 86.2 Å². The Balaban J connectivity index is -0.000000372. The standard InChI is InChI=1S/2C10H21NO.Li/c2*1-2-3-4-5-6-7-8-9-10(11)12;/h2*2-9H2,1H3,(H2,11,12);. The molecule has 0 aromatic rings. The van der Waals surface area contributed by atoms with Gasteiger partial charge in [-0.1, -0.05) is 90.9 Å².